The van der Waals surface area contributed by atoms with Crippen LogP contribution in [0.25, 0.3) is 16.9 Å². The summed E-state index contributed by atoms with van der Waals surface area (Å²) in [6.45, 7) is 1.99. The van der Waals surface area contributed by atoms with Gasteiger partial charge in [0, 0.05) is 11.8 Å². The molecule has 1 aromatic carbocycles. The van der Waals surface area contributed by atoms with Crippen LogP contribution in [-0.2, 0) is 0 Å². The molecule has 0 radical (unpaired) electrons. The lowest BCUT2D eigenvalue weighted by Crippen LogP contribution is -1.99. The average molecular weight is 287 g/mol. The van der Waals surface area contributed by atoms with Gasteiger partial charge in [-0.15, -0.1) is 0 Å². The maximum absolute atomic E-state index is 11.1. The van der Waals surface area contributed by atoms with Gasteiger partial charge in [-0.25, -0.2) is 9.78 Å². The molecule has 20 heavy (non-hydrogen) atoms. The van der Waals surface area contributed by atoms with E-state index in [1.807, 2.05) is 31.2 Å². The van der Waals surface area contributed by atoms with Crippen LogP contribution in [-0.4, -0.2) is 20.5 Å². The Morgan fingerprint density at radius 2 is 2.10 bits per heavy atom. The van der Waals surface area contributed by atoms with Crippen LogP contribution < -0.4 is 0 Å². The molecular weight excluding hydrogens is 276 g/mol. The monoisotopic (exact) mass is 286 g/mol. The predicted octanol–water partition coefficient (Wildman–Crippen LogP) is 3.66. The third-order valence-electron chi connectivity index (χ3n) is 3.12. The molecule has 0 aliphatic heterocycles. The summed E-state index contributed by atoms with van der Waals surface area (Å²) in [6.07, 6.45) is 1.54. The van der Waals surface area contributed by atoms with Crippen molar-refractivity contribution >= 4 is 23.1 Å². The minimum absolute atomic E-state index is 0.195. The van der Waals surface area contributed by atoms with Crippen LogP contribution in [0.15, 0.2) is 42.6 Å². The fraction of sp³-hybridized carbons (Fsp3) is 0.0667. The van der Waals surface area contributed by atoms with Gasteiger partial charge in [-0.05, 0) is 25.1 Å². The van der Waals surface area contributed by atoms with Crippen molar-refractivity contribution in [3.63, 3.8) is 0 Å². The summed E-state index contributed by atoms with van der Waals surface area (Å²) in [5.74, 6) is -0.344. The van der Waals surface area contributed by atoms with E-state index in [0.29, 0.717) is 16.5 Å². The quantitative estimate of drug-likeness (QED) is 0.782. The molecule has 100 valence electrons. The zero-order valence-electron chi connectivity index (χ0n) is 10.7. The number of pyridine rings is 1. The minimum Gasteiger partial charge on any atom is -0.478 e. The number of nitrogens with zero attached hydrogens (tertiary/aromatic N) is 2. The Hall–Kier alpha value is -2.33. The van der Waals surface area contributed by atoms with Crippen molar-refractivity contribution in [2.24, 2.45) is 0 Å². The van der Waals surface area contributed by atoms with Gasteiger partial charge >= 0.3 is 5.97 Å². The Bertz CT molecular complexity index is 824. The molecule has 0 amide bonds. The Kier molecular flexibility index (Phi) is 2.95. The van der Waals surface area contributed by atoms with Crippen molar-refractivity contribution in [1.29, 1.82) is 0 Å². The molecule has 0 saturated heterocycles. The number of hydrogen-bond acceptors (Lipinski definition) is 2. The van der Waals surface area contributed by atoms with Gasteiger partial charge < -0.3 is 5.11 Å². The number of aryl methyl sites for hydroxylation is 1. The number of imidazole rings is 1. The number of hydrogen-bond donors (Lipinski definition) is 1. The van der Waals surface area contributed by atoms with E-state index in [-0.39, 0.29) is 5.56 Å². The molecule has 0 aliphatic rings. The lowest BCUT2D eigenvalue weighted by molar-refractivity contribution is 0.0696. The topological polar surface area (TPSA) is 54.6 Å². The Morgan fingerprint density at radius 1 is 1.30 bits per heavy atom. The lowest BCUT2D eigenvalue weighted by atomic mass is 10.1. The number of aromatic nitrogens is 2. The molecule has 2 heterocycles. The summed E-state index contributed by atoms with van der Waals surface area (Å²) in [5.41, 5.74) is 2.88. The van der Waals surface area contributed by atoms with Crippen molar-refractivity contribution in [1.82, 2.24) is 9.38 Å². The Morgan fingerprint density at radius 3 is 2.80 bits per heavy atom. The molecule has 0 aliphatic carbocycles. The first kappa shape index (κ1) is 12.7. The molecule has 0 fully saturated rings. The van der Waals surface area contributed by atoms with Crippen LogP contribution in [0.1, 0.15) is 15.9 Å². The van der Waals surface area contributed by atoms with Crippen molar-refractivity contribution in [2.75, 3.05) is 0 Å². The highest BCUT2D eigenvalue weighted by Gasteiger charge is 2.13. The molecule has 0 saturated carbocycles. The largest absolute Gasteiger partial charge is 0.478 e. The van der Waals surface area contributed by atoms with Gasteiger partial charge in [0.2, 0.25) is 0 Å². The van der Waals surface area contributed by atoms with Gasteiger partial charge in [0.15, 0.2) is 5.15 Å². The standard InChI is InChI=1S/C15H11ClN2O2/c1-9-3-2-4-10(7-9)14-17-13(16)12-6-5-11(15(19)20)8-18(12)14/h2-8H,1H3,(H,19,20). The van der Waals surface area contributed by atoms with Gasteiger partial charge in [-0.2, -0.15) is 0 Å². The Labute approximate surface area is 120 Å². The first-order valence-corrected chi connectivity index (χ1v) is 6.42. The number of rotatable bonds is 2. The molecule has 4 nitrogen and oxygen atoms in total. The minimum atomic E-state index is -0.980. The van der Waals surface area contributed by atoms with Crippen LogP contribution in [0.3, 0.4) is 0 Å². The van der Waals surface area contributed by atoms with Gasteiger partial charge in [-0.3, -0.25) is 4.40 Å². The van der Waals surface area contributed by atoms with Gasteiger partial charge in [-0.1, -0.05) is 35.4 Å². The van der Waals surface area contributed by atoms with E-state index in [4.69, 9.17) is 16.7 Å². The normalized spacial score (nSPS) is 10.9. The third-order valence-corrected chi connectivity index (χ3v) is 3.39. The molecular formula is C15H11ClN2O2. The van der Waals surface area contributed by atoms with Gasteiger partial charge in [0.1, 0.15) is 5.82 Å². The van der Waals surface area contributed by atoms with Crippen LogP contribution in [0.2, 0.25) is 5.15 Å². The number of carbonyl (C=O) groups is 1. The molecule has 0 unspecified atom stereocenters. The zero-order valence-corrected chi connectivity index (χ0v) is 11.4. The number of aromatic carboxylic acids is 1. The second-order valence-electron chi connectivity index (χ2n) is 4.57. The summed E-state index contributed by atoms with van der Waals surface area (Å²) < 4.78 is 1.71. The molecule has 0 atom stereocenters. The highest BCUT2D eigenvalue weighted by atomic mass is 35.5. The maximum Gasteiger partial charge on any atom is 0.337 e. The van der Waals surface area contributed by atoms with E-state index in [1.165, 1.54) is 12.3 Å². The number of carboxylic acid groups (broad SMARTS) is 1. The fourth-order valence-corrected chi connectivity index (χ4v) is 2.40. The van der Waals surface area contributed by atoms with Crippen LogP contribution in [0.5, 0.6) is 0 Å². The number of carboxylic acids is 1. The second kappa shape index (κ2) is 4.65. The molecule has 3 rings (SSSR count). The highest BCUT2D eigenvalue weighted by Crippen LogP contribution is 2.26. The first-order valence-electron chi connectivity index (χ1n) is 6.04. The van der Waals surface area contributed by atoms with Crippen molar-refractivity contribution in [2.45, 2.75) is 6.92 Å². The smallest absolute Gasteiger partial charge is 0.337 e. The van der Waals surface area contributed by atoms with Gasteiger partial charge in [0.05, 0.1) is 11.1 Å². The molecule has 0 spiro atoms. The predicted molar refractivity (Wildman–Crippen MR) is 77.3 cm³/mol. The van der Waals surface area contributed by atoms with Crippen molar-refractivity contribution in [3.05, 3.63) is 58.9 Å². The van der Waals surface area contributed by atoms with Crippen molar-refractivity contribution in [3.8, 4) is 11.4 Å². The highest BCUT2D eigenvalue weighted by molar-refractivity contribution is 6.33. The molecule has 5 heteroatoms. The molecule has 0 bridgehead atoms. The summed E-state index contributed by atoms with van der Waals surface area (Å²) >= 11 is 6.12. The van der Waals surface area contributed by atoms with E-state index in [9.17, 15) is 4.79 Å². The van der Waals surface area contributed by atoms with E-state index in [2.05, 4.69) is 4.98 Å². The summed E-state index contributed by atoms with van der Waals surface area (Å²) in [5, 5.41) is 9.45. The number of halogens is 1. The molecule has 1 N–H and O–H groups in total. The van der Waals surface area contributed by atoms with E-state index in [1.54, 1.807) is 10.5 Å². The number of benzene rings is 1. The van der Waals surface area contributed by atoms with Crippen LogP contribution >= 0.6 is 11.6 Å². The summed E-state index contributed by atoms with van der Waals surface area (Å²) in [7, 11) is 0. The number of fused-ring (bicyclic) bond motifs is 1. The van der Waals surface area contributed by atoms with E-state index in [0.717, 1.165) is 11.1 Å². The second-order valence-corrected chi connectivity index (χ2v) is 4.93. The van der Waals surface area contributed by atoms with E-state index < -0.39 is 5.97 Å². The average Bonchev–Trinajstić information content (AvgIpc) is 2.76. The summed E-state index contributed by atoms with van der Waals surface area (Å²) in [6, 6.07) is 11.0. The Balaban J connectivity index is 2.30. The molecule has 2 aromatic heterocycles. The third kappa shape index (κ3) is 2.04. The van der Waals surface area contributed by atoms with Crippen LogP contribution in [0, 0.1) is 6.92 Å². The lowest BCUT2D eigenvalue weighted by Gasteiger charge is -2.03. The van der Waals surface area contributed by atoms with Crippen LogP contribution in [0.4, 0.5) is 0 Å². The zero-order chi connectivity index (χ0) is 14.3. The maximum atomic E-state index is 11.1. The van der Waals surface area contributed by atoms with E-state index >= 15 is 0 Å². The fourth-order valence-electron chi connectivity index (χ4n) is 2.16. The van der Waals surface area contributed by atoms with Gasteiger partial charge in [0.25, 0.3) is 0 Å². The SMILES string of the molecule is Cc1cccc(-c2nc(Cl)c3ccc(C(=O)O)cn23)c1. The first-order chi connectivity index (χ1) is 9.56. The van der Waals surface area contributed by atoms with Crippen molar-refractivity contribution < 1.29 is 9.90 Å². The molecule has 3 aromatic rings. The summed E-state index contributed by atoms with van der Waals surface area (Å²) in [4.78, 5) is 15.4.